The molecule has 0 amide bonds. The van der Waals surface area contributed by atoms with Crippen LogP contribution in [-0.2, 0) is 9.53 Å². The molecule has 152 valence electrons. The Hall–Kier alpha value is -1.96. The monoisotopic (exact) mass is 388 g/mol. The number of methoxy groups -OCH3 is 1. The van der Waals surface area contributed by atoms with Gasteiger partial charge in [0.05, 0.1) is 13.5 Å². The van der Waals surface area contributed by atoms with Gasteiger partial charge in [-0.05, 0) is 38.1 Å². The summed E-state index contributed by atoms with van der Waals surface area (Å²) >= 11 is 0. The van der Waals surface area contributed by atoms with E-state index in [-0.39, 0.29) is 23.2 Å². The zero-order valence-electron chi connectivity index (χ0n) is 16.2. The van der Waals surface area contributed by atoms with E-state index in [0.717, 1.165) is 31.9 Å². The number of carbonyl (C=O) groups is 1. The lowest BCUT2D eigenvalue weighted by Gasteiger charge is -2.52. The predicted octanol–water partition coefficient (Wildman–Crippen LogP) is 3.69. The second-order valence-corrected chi connectivity index (χ2v) is 7.40. The summed E-state index contributed by atoms with van der Waals surface area (Å²) in [7, 11) is 1.39. The SMILES string of the molecule is CCN(CC1(C)CN(C(C)CC(=O)OC)C1)c1ccc(OC(F)(F)F)cc1. The Morgan fingerprint density at radius 2 is 1.89 bits per heavy atom. The van der Waals surface area contributed by atoms with Crippen LogP contribution in [0.2, 0.25) is 0 Å². The van der Waals surface area contributed by atoms with E-state index >= 15 is 0 Å². The molecule has 1 fully saturated rings. The summed E-state index contributed by atoms with van der Waals surface area (Å²) in [5.74, 6) is -0.438. The Kier molecular flexibility index (Phi) is 6.62. The number of ether oxygens (including phenoxy) is 2. The van der Waals surface area contributed by atoms with Gasteiger partial charge >= 0.3 is 12.3 Å². The predicted molar refractivity (Wildman–Crippen MR) is 96.8 cm³/mol. The van der Waals surface area contributed by atoms with E-state index in [1.807, 2.05) is 13.8 Å². The van der Waals surface area contributed by atoms with Crippen LogP contribution in [0, 0.1) is 5.41 Å². The average Bonchev–Trinajstić information content (AvgIpc) is 2.56. The van der Waals surface area contributed by atoms with Gasteiger partial charge in [-0.3, -0.25) is 9.69 Å². The molecular formula is C19H27F3N2O3. The minimum atomic E-state index is -4.68. The van der Waals surface area contributed by atoms with Crippen molar-refractivity contribution in [1.29, 1.82) is 0 Å². The minimum absolute atomic E-state index is 0.0571. The zero-order valence-corrected chi connectivity index (χ0v) is 16.2. The summed E-state index contributed by atoms with van der Waals surface area (Å²) in [6.07, 6.45) is -4.32. The van der Waals surface area contributed by atoms with Gasteiger partial charge in [0.25, 0.3) is 0 Å². The molecule has 0 N–H and O–H groups in total. The van der Waals surface area contributed by atoms with Crippen LogP contribution in [0.5, 0.6) is 5.75 Å². The fourth-order valence-electron chi connectivity index (χ4n) is 3.50. The molecule has 0 saturated carbocycles. The molecule has 1 unspecified atom stereocenters. The number of hydrogen-bond acceptors (Lipinski definition) is 5. The molecule has 0 bridgehead atoms. The first-order valence-electron chi connectivity index (χ1n) is 8.97. The van der Waals surface area contributed by atoms with Crippen LogP contribution < -0.4 is 9.64 Å². The van der Waals surface area contributed by atoms with Crippen molar-refractivity contribution in [3.63, 3.8) is 0 Å². The number of nitrogens with zero attached hydrogens (tertiary/aromatic N) is 2. The van der Waals surface area contributed by atoms with Crippen molar-refractivity contribution < 1.29 is 27.4 Å². The van der Waals surface area contributed by atoms with E-state index in [4.69, 9.17) is 4.74 Å². The van der Waals surface area contributed by atoms with E-state index in [9.17, 15) is 18.0 Å². The van der Waals surface area contributed by atoms with Gasteiger partial charge in [0.15, 0.2) is 0 Å². The number of hydrogen-bond donors (Lipinski definition) is 0. The fourth-order valence-corrected chi connectivity index (χ4v) is 3.50. The molecule has 8 heteroatoms. The van der Waals surface area contributed by atoms with Crippen LogP contribution in [-0.4, -0.2) is 56.6 Å². The quantitative estimate of drug-likeness (QED) is 0.636. The third-order valence-corrected chi connectivity index (χ3v) is 4.87. The Morgan fingerprint density at radius 3 is 2.37 bits per heavy atom. The topological polar surface area (TPSA) is 42.0 Å². The molecule has 0 spiro atoms. The molecule has 1 aliphatic rings. The van der Waals surface area contributed by atoms with E-state index in [1.54, 1.807) is 12.1 Å². The van der Waals surface area contributed by atoms with Gasteiger partial charge in [0.2, 0.25) is 0 Å². The normalized spacial score (nSPS) is 17.7. The molecule has 1 aromatic rings. The van der Waals surface area contributed by atoms with Crippen molar-refractivity contribution >= 4 is 11.7 Å². The van der Waals surface area contributed by atoms with Gasteiger partial charge in [-0.15, -0.1) is 13.2 Å². The van der Waals surface area contributed by atoms with Gasteiger partial charge in [0, 0.05) is 43.3 Å². The Morgan fingerprint density at radius 1 is 1.30 bits per heavy atom. The first-order valence-corrected chi connectivity index (χ1v) is 8.97. The summed E-state index contributed by atoms with van der Waals surface area (Å²) in [5.41, 5.74) is 0.913. The first-order chi connectivity index (χ1) is 12.5. The van der Waals surface area contributed by atoms with Gasteiger partial charge in [-0.25, -0.2) is 0 Å². The highest BCUT2D eigenvalue weighted by atomic mass is 19.4. The summed E-state index contributed by atoms with van der Waals surface area (Å²) in [5, 5.41) is 0. The summed E-state index contributed by atoms with van der Waals surface area (Å²) in [6.45, 7) is 9.44. The highest BCUT2D eigenvalue weighted by Gasteiger charge is 2.42. The van der Waals surface area contributed by atoms with E-state index in [2.05, 4.69) is 21.5 Å². The number of rotatable bonds is 8. The molecule has 1 aliphatic heterocycles. The summed E-state index contributed by atoms with van der Waals surface area (Å²) in [6, 6.07) is 6.08. The van der Waals surface area contributed by atoms with Crippen LogP contribution in [0.15, 0.2) is 24.3 Å². The van der Waals surface area contributed by atoms with Crippen molar-refractivity contribution in [2.45, 2.75) is 39.6 Å². The number of esters is 1. The standard InChI is InChI=1S/C19H27F3N2O3/c1-5-23(15-6-8-16(9-7-15)27-19(20,21)22)11-18(3)12-24(13-18)14(2)10-17(25)26-4/h6-9,14H,5,10-13H2,1-4H3. The lowest BCUT2D eigenvalue weighted by molar-refractivity contribution is -0.274. The first kappa shape index (κ1) is 21.3. The van der Waals surface area contributed by atoms with Crippen LogP contribution >= 0.6 is 0 Å². The lowest BCUT2D eigenvalue weighted by atomic mass is 9.80. The summed E-state index contributed by atoms with van der Waals surface area (Å²) < 4.78 is 45.5. The molecule has 27 heavy (non-hydrogen) atoms. The minimum Gasteiger partial charge on any atom is -0.469 e. The largest absolute Gasteiger partial charge is 0.573 e. The highest BCUT2D eigenvalue weighted by Crippen LogP contribution is 2.35. The van der Waals surface area contributed by atoms with Crippen LogP contribution in [0.25, 0.3) is 0 Å². The van der Waals surface area contributed by atoms with Crippen LogP contribution in [0.3, 0.4) is 0 Å². The molecule has 1 saturated heterocycles. The van der Waals surface area contributed by atoms with Crippen molar-refractivity contribution in [2.75, 3.05) is 38.2 Å². The molecule has 2 rings (SSSR count). The number of anilines is 1. The van der Waals surface area contributed by atoms with Crippen molar-refractivity contribution in [3.8, 4) is 5.75 Å². The van der Waals surface area contributed by atoms with Gasteiger partial charge in [-0.2, -0.15) is 0 Å². The molecule has 0 aliphatic carbocycles. The Balaban J connectivity index is 1.92. The maximum absolute atomic E-state index is 12.3. The van der Waals surface area contributed by atoms with Crippen molar-refractivity contribution in [3.05, 3.63) is 24.3 Å². The van der Waals surface area contributed by atoms with E-state index in [1.165, 1.54) is 19.2 Å². The van der Waals surface area contributed by atoms with Gasteiger partial charge in [-0.1, -0.05) is 6.92 Å². The maximum Gasteiger partial charge on any atom is 0.573 e. The Bertz CT molecular complexity index is 628. The molecule has 1 heterocycles. The highest BCUT2D eigenvalue weighted by molar-refractivity contribution is 5.69. The fraction of sp³-hybridized carbons (Fsp3) is 0.632. The molecule has 5 nitrogen and oxygen atoms in total. The maximum atomic E-state index is 12.3. The molecule has 1 aromatic carbocycles. The van der Waals surface area contributed by atoms with Crippen molar-refractivity contribution in [2.24, 2.45) is 5.41 Å². The summed E-state index contributed by atoms with van der Waals surface area (Å²) in [4.78, 5) is 15.8. The number of benzene rings is 1. The third kappa shape index (κ3) is 6.02. The average molecular weight is 388 g/mol. The molecule has 0 aromatic heterocycles. The number of likely N-dealkylation sites (tertiary alicyclic amines) is 1. The third-order valence-electron chi connectivity index (χ3n) is 4.87. The van der Waals surface area contributed by atoms with Crippen LogP contribution in [0.4, 0.5) is 18.9 Å². The van der Waals surface area contributed by atoms with E-state index < -0.39 is 6.36 Å². The van der Waals surface area contributed by atoms with Gasteiger partial charge < -0.3 is 14.4 Å². The smallest absolute Gasteiger partial charge is 0.469 e. The molecule has 0 radical (unpaired) electrons. The number of alkyl halides is 3. The molecule has 1 atom stereocenters. The number of halogens is 3. The van der Waals surface area contributed by atoms with E-state index in [0.29, 0.717) is 6.42 Å². The van der Waals surface area contributed by atoms with Gasteiger partial charge in [0.1, 0.15) is 5.75 Å². The molecular weight excluding hydrogens is 361 g/mol. The second kappa shape index (κ2) is 8.37. The van der Waals surface area contributed by atoms with Crippen LogP contribution in [0.1, 0.15) is 27.2 Å². The lowest BCUT2D eigenvalue weighted by Crippen LogP contribution is -2.62. The second-order valence-electron chi connectivity index (χ2n) is 7.40. The Labute approximate surface area is 158 Å². The van der Waals surface area contributed by atoms with Crippen molar-refractivity contribution in [1.82, 2.24) is 4.90 Å². The zero-order chi connectivity index (χ0) is 20.2. The number of carbonyl (C=O) groups excluding carboxylic acids is 1.